The van der Waals surface area contributed by atoms with E-state index in [2.05, 4.69) is 11.7 Å². The molecule has 0 bridgehead atoms. The van der Waals surface area contributed by atoms with E-state index in [1.807, 2.05) is 6.07 Å². The first-order chi connectivity index (χ1) is 19.9. The monoisotopic (exact) mass is 616 g/mol. The van der Waals surface area contributed by atoms with Gasteiger partial charge in [-0.2, -0.15) is 0 Å². The van der Waals surface area contributed by atoms with E-state index in [1.165, 1.54) is 17.8 Å². The van der Waals surface area contributed by atoms with Crippen molar-refractivity contribution in [1.29, 1.82) is 0 Å². The van der Waals surface area contributed by atoms with Crippen LogP contribution in [-0.2, 0) is 16.0 Å². The smallest absolute Gasteiger partial charge is 0.464 e. The molecular weight excluding hydrogens is 579 g/mol. The average molecular weight is 617 g/mol. The number of benzene rings is 2. The van der Waals surface area contributed by atoms with E-state index < -0.39 is 30.7 Å². The highest BCUT2D eigenvalue weighted by molar-refractivity contribution is 7.99. The molecule has 3 rings (SSSR count). The Morgan fingerprint density at radius 1 is 1.00 bits per heavy atom. The summed E-state index contributed by atoms with van der Waals surface area (Å²) < 4.78 is 83.0. The third kappa shape index (κ3) is 10.8. The van der Waals surface area contributed by atoms with Crippen LogP contribution >= 0.6 is 11.8 Å². The van der Waals surface area contributed by atoms with Crippen LogP contribution in [0.3, 0.4) is 0 Å². The van der Waals surface area contributed by atoms with Crippen molar-refractivity contribution in [3.05, 3.63) is 48.0 Å². The summed E-state index contributed by atoms with van der Waals surface area (Å²) in [5, 5.41) is 0.694. The lowest BCUT2D eigenvalue weighted by Crippen LogP contribution is -2.39. The van der Waals surface area contributed by atoms with Crippen LogP contribution in [0.15, 0.2) is 51.8 Å². The Kier molecular flexibility index (Phi) is 12.5. The Hall–Kier alpha value is -2.83. The molecule has 1 heterocycles. The van der Waals surface area contributed by atoms with Crippen molar-refractivity contribution >= 4 is 28.7 Å². The maximum atomic E-state index is 14.2. The topological polar surface area (TPSA) is 101 Å². The fourth-order valence-electron chi connectivity index (χ4n) is 4.30. The normalized spacial score (nSPS) is 13.0. The first kappa shape index (κ1) is 33.7. The number of hydrogen-bond donors (Lipinski definition) is 2. The summed E-state index contributed by atoms with van der Waals surface area (Å²) in [6.45, 7) is 1.83. The number of esters is 1. The molecule has 0 saturated carbocycles. The van der Waals surface area contributed by atoms with Gasteiger partial charge in [0, 0.05) is 29.7 Å². The van der Waals surface area contributed by atoms with E-state index in [9.17, 15) is 26.7 Å². The molecule has 0 saturated heterocycles. The zero-order valence-electron chi connectivity index (χ0n) is 23.5. The van der Waals surface area contributed by atoms with E-state index in [1.54, 1.807) is 30.3 Å². The minimum Gasteiger partial charge on any atom is -0.464 e. The van der Waals surface area contributed by atoms with Crippen molar-refractivity contribution < 1.29 is 40.6 Å². The van der Waals surface area contributed by atoms with Gasteiger partial charge < -0.3 is 25.4 Å². The minimum absolute atomic E-state index is 0.0119. The van der Waals surface area contributed by atoms with Gasteiger partial charge in [0.15, 0.2) is 0 Å². The lowest BCUT2D eigenvalue weighted by atomic mass is 10.0. The second-order valence-corrected chi connectivity index (χ2v) is 11.2. The lowest BCUT2D eigenvalue weighted by molar-refractivity contribution is -0.274. The Balaban J connectivity index is 1.58. The number of carbonyl (C=O) groups is 1. The van der Waals surface area contributed by atoms with Gasteiger partial charge in [-0.15, -0.1) is 24.9 Å². The predicted octanol–water partition coefficient (Wildman–Crippen LogP) is 7.85. The summed E-state index contributed by atoms with van der Waals surface area (Å²) in [7, 11) is 0. The maximum Gasteiger partial charge on any atom is 0.573 e. The zero-order chi connectivity index (χ0) is 30.8. The second kappa shape index (κ2) is 15.6. The standard InChI is InChI=1S/C30H37F5N2O4S/c1-2-3-4-7-20-8-11-23(27(16-20)41-30(33,34)35)26-17-21-9-10-22(18-25(21)40-26)42-15-6-13-29(31,32)12-5-14-39-28(38)24(37)19-36/h8-11,16-18,24H,2-7,12-15,19,36-37H2,1H3. The number of aryl methyl sites for hydroxylation is 1. The largest absolute Gasteiger partial charge is 0.573 e. The molecule has 0 radical (unpaired) electrons. The van der Waals surface area contributed by atoms with Gasteiger partial charge in [-0.1, -0.05) is 25.8 Å². The number of hydrogen-bond acceptors (Lipinski definition) is 7. The predicted molar refractivity (Wildman–Crippen MR) is 154 cm³/mol. The summed E-state index contributed by atoms with van der Waals surface area (Å²) >= 11 is 1.38. The number of halogens is 5. The Bertz CT molecular complexity index is 1300. The van der Waals surface area contributed by atoms with Crippen molar-refractivity contribution in [3.8, 4) is 17.1 Å². The Labute approximate surface area is 246 Å². The van der Waals surface area contributed by atoms with Gasteiger partial charge in [0.1, 0.15) is 23.1 Å². The Morgan fingerprint density at radius 3 is 2.48 bits per heavy atom. The van der Waals surface area contributed by atoms with Crippen molar-refractivity contribution in [2.45, 2.75) is 81.5 Å². The first-order valence-corrected chi connectivity index (χ1v) is 14.9. The third-order valence-electron chi connectivity index (χ3n) is 6.54. The quantitative estimate of drug-likeness (QED) is 0.0690. The molecule has 0 aliphatic carbocycles. The summed E-state index contributed by atoms with van der Waals surface area (Å²) in [6.07, 6.45) is -1.83. The second-order valence-electron chi connectivity index (χ2n) is 10.1. The lowest BCUT2D eigenvalue weighted by Gasteiger charge is -2.16. The van der Waals surface area contributed by atoms with Crippen LogP contribution < -0.4 is 16.2 Å². The van der Waals surface area contributed by atoms with Gasteiger partial charge in [-0.05, 0) is 73.4 Å². The summed E-state index contributed by atoms with van der Waals surface area (Å²) in [5.41, 5.74) is 12.1. The van der Waals surface area contributed by atoms with Crippen LogP contribution in [0.2, 0.25) is 0 Å². The number of fused-ring (bicyclic) bond motifs is 1. The van der Waals surface area contributed by atoms with Crippen LogP contribution in [0, 0.1) is 0 Å². The van der Waals surface area contributed by atoms with Gasteiger partial charge >= 0.3 is 12.3 Å². The molecule has 1 unspecified atom stereocenters. The van der Waals surface area contributed by atoms with Crippen LogP contribution in [0.5, 0.6) is 5.75 Å². The highest BCUT2D eigenvalue weighted by Gasteiger charge is 2.33. The van der Waals surface area contributed by atoms with Crippen molar-refractivity contribution in [2.24, 2.45) is 11.5 Å². The molecular formula is C30H37F5N2O4S. The van der Waals surface area contributed by atoms with Crippen LogP contribution in [-0.4, -0.2) is 43.2 Å². The molecule has 6 nitrogen and oxygen atoms in total. The summed E-state index contributed by atoms with van der Waals surface area (Å²) in [6, 6.07) is 10.8. The van der Waals surface area contributed by atoms with Crippen molar-refractivity contribution in [2.75, 3.05) is 18.9 Å². The van der Waals surface area contributed by atoms with Gasteiger partial charge in [0.05, 0.1) is 12.2 Å². The zero-order valence-corrected chi connectivity index (χ0v) is 24.3. The summed E-state index contributed by atoms with van der Waals surface area (Å²) in [5.74, 6) is -3.25. The van der Waals surface area contributed by atoms with Gasteiger partial charge in [-0.3, -0.25) is 4.79 Å². The minimum atomic E-state index is -4.85. The van der Waals surface area contributed by atoms with E-state index in [0.29, 0.717) is 23.1 Å². The van der Waals surface area contributed by atoms with E-state index >= 15 is 0 Å². The number of alkyl halides is 5. The number of thioether (sulfide) groups is 1. The molecule has 0 aliphatic rings. The van der Waals surface area contributed by atoms with Gasteiger partial charge in [-0.25, -0.2) is 8.78 Å². The highest BCUT2D eigenvalue weighted by atomic mass is 32.2. The van der Waals surface area contributed by atoms with E-state index in [0.717, 1.165) is 29.7 Å². The molecule has 1 aromatic heterocycles. The van der Waals surface area contributed by atoms with Crippen LogP contribution in [0.25, 0.3) is 22.3 Å². The molecule has 1 atom stereocenters. The SMILES string of the molecule is CCCCCc1ccc(-c2cc3ccc(SCCCC(F)(F)CCCOC(=O)C(N)CN)cc3o2)c(OC(F)(F)F)c1. The molecule has 42 heavy (non-hydrogen) atoms. The fraction of sp³-hybridized carbons (Fsp3) is 0.500. The first-order valence-electron chi connectivity index (χ1n) is 14.0. The molecule has 0 amide bonds. The molecule has 0 spiro atoms. The van der Waals surface area contributed by atoms with Gasteiger partial charge in [0.25, 0.3) is 0 Å². The molecule has 232 valence electrons. The van der Waals surface area contributed by atoms with Crippen LogP contribution in [0.1, 0.15) is 57.4 Å². The van der Waals surface area contributed by atoms with Crippen molar-refractivity contribution in [1.82, 2.24) is 0 Å². The molecule has 4 N–H and O–H groups in total. The molecule has 0 aliphatic heterocycles. The number of unbranched alkanes of at least 4 members (excludes halogenated alkanes) is 2. The molecule has 3 aromatic rings. The van der Waals surface area contributed by atoms with E-state index in [4.69, 9.17) is 20.6 Å². The third-order valence-corrected chi connectivity index (χ3v) is 7.62. The summed E-state index contributed by atoms with van der Waals surface area (Å²) in [4.78, 5) is 12.2. The maximum absolute atomic E-state index is 14.2. The fourth-order valence-corrected chi connectivity index (χ4v) is 5.18. The number of ether oxygens (including phenoxy) is 2. The molecule has 12 heteroatoms. The van der Waals surface area contributed by atoms with Gasteiger partial charge in [0.2, 0.25) is 5.92 Å². The number of rotatable bonds is 17. The Morgan fingerprint density at radius 2 is 1.76 bits per heavy atom. The van der Waals surface area contributed by atoms with E-state index in [-0.39, 0.29) is 49.5 Å². The van der Waals surface area contributed by atoms with Crippen LogP contribution in [0.4, 0.5) is 22.0 Å². The highest BCUT2D eigenvalue weighted by Crippen LogP contribution is 2.39. The number of furan rings is 1. The molecule has 2 aromatic carbocycles. The molecule has 0 fully saturated rings. The van der Waals surface area contributed by atoms with Crippen molar-refractivity contribution in [3.63, 3.8) is 0 Å². The number of nitrogens with two attached hydrogens (primary N) is 2. The number of carbonyl (C=O) groups excluding carboxylic acids is 1. The average Bonchev–Trinajstić information content (AvgIpc) is 3.35.